The summed E-state index contributed by atoms with van der Waals surface area (Å²) in [5, 5.41) is 16.5. The molecule has 4 nitrogen and oxygen atoms in total. The minimum atomic E-state index is -1.34. The van der Waals surface area contributed by atoms with Crippen LogP contribution in [0.1, 0.15) is 26.3 Å². The number of hydrogen-bond acceptors (Lipinski definition) is 4. The van der Waals surface area contributed by atoms with Gasteiger partial charge in [0, 0.05) is 16.5 Å². The smallest absolute Gasteiger partial charge is 0.257 e. The van der Waals surface area contributed by atoms with Gasteiger partial charge in [0.25, 0.3) is 5.91 Å². The number of carboxylic acids is 1. The number of halogens is 1. The highest BCUT2D eigenvalue weighted by Gasteiger charge is 2.18. The predicted molar refractivity (Wildman–Crippen MR) is 98.2 cm³/mol. The van der Waals surface area contributed by atoms with E-state index in [1.807, 2.05) is 31.2 Å². The van der Waals surface area contributed by atoms with Gasteiger partial charge in [0.15, 0.2) is 0 Å². The number of carbonyl (C=O) groups excluding carboxylic acids is 2. The third kappa shape index (κ3) is 3.57. The summed E-state index contributed by atoms with van der Waals surface area (Å²) in [7, 11) is 0. The molecule has 0 radical (unpaired) electrons. The molecule has 2 aromatic carbocycles. The number of anilines is 1. The lowest BCUT2D eigenvalue weighted by Gasteiger charge is -2.11. The number of thiophene rings is 1. The second kappa shape index (κ2) is 7.09. The zero-order valence-corrected chi connectivity index (χ0v) is 14.8. The van der Waals surface area contributed by atoms with Gasteiger partial charge in [-0.1, -0.05) is 53.6 Å². The highest BCUT2D eigenvalue weighted by Crippen LogP contribution is 2.35. The van der Waals surface area contributed by atoms with E-state index in [2.05, 4.69) is 5.32 Å². The molecular weight excluding hydrogens is 358 g/mol. The molecule has 6 heteroatoms. The molecule has 0 aliphatic rings. The molecule has 126 valence electrons. The largest absolute Gasteiger partial charge is 0.545 e. The summed E-state index contributed by atoms with van der Waals surface area (Å²) in [4.78, 5) is 24.0. The number of aryl methyl sites for hydroxylation is 1. The topological polar surface area (TPSA) is 69.2 Å². The zero-order chi connectivity index (χ0) is 18.0. The number of amides is 1. The van der Waals surface area contributed by atoms with Gasteiger partial charge in [0.1, 0.15) is 5.00 Å². The molecule has 1 heterocycles. The molecule has 3 aromatic rings. The Morgan fingerprint density at radius 1 is 1.08 bits per heavy atom. The number of carbonyl (C=O) groups is 2. The van der Waals surface area contributed by atoms with E-state index in [0.29, 0.717) is 10.6 Å². The van der Waals surface area contributed by atoms with Crippen LogP contribution in [0.2, 0.25) is 5.02 Å². The first-order chi connectivity index (χ1) is 12.0. The molecule has 0 saturated carbocycles. The second-order valence-electron chi connectivity index (χ2n) is 5.44. The molecule has 0 fully saturated rings. The average molecular weight is 371 g/mol. The van der Waals surface area contributed by atoms with E-state index in [1.54, 1.807) is 29.6 Å². The lowest BCUT2D eigenvalue weighted by Crippen LogP contribution is -2.24. The van der Waals surface area contributed by atoms with E-state index in [4.69, 9.17) is 11.6 Å². The summed E-state index contributed by atoms with van der Waals surface area (Å²) in [6.45, 7) is 1.95. The summed E-state index contributed by atoms with van der Waals surface area (Å²) in [6, 6.07) is 14.0. The minimum Gasteiger partial charge on any atom is -0.545 e. The summed E-state index contributed by atoms with van der Waals surface area (Å²) < 4.78 is 0. The first-order valence-electron chi connectivity index (χ1n) is 7.43. The third-order valence-corrected chi connectivity index (χ3v) is 4.93. The van der Waals surface area contributed by atoms with Crippen LogP contribution in [0, 0.1) is 6.92 Å². The maximum Gasteiger partial charge on any atom is 0.257 e. The quantitative estimate of drug-likeness (QED) is 0.754. The number of nitrogens with one attached hydrogen (secondary N) is 1. The molecular formula is C19H13ClNO3S-. The summed E-state index contributed by atoms with van der Waals surface area (Å²) in [6.07, 6.45) is 0. The fourth-order valence-corrected chi connectivity index (χ4v) is 3.59. The van der Waals surface area contributed by atoms with E-state index in [9.17, 15) is 14.7 Å². The van der Waals surface area contributed by atoms with Crippen molar-refractivity contribution in [3.05, 3.63) is 75.6 Å². The molecule has 0 spiro atoms. The Balaban J connectivity index is 1.98. The first kappa shape index (κ1) is 17.2. The van der Waals surface area contributed by atoms with Gasteiger partial charge in [-0.3, -0.25) is 4.79 Å². The van der Waals surface area contributed by atoms with Gasteiger partial charge in [-0.05, 0) is 24.6 Å². The molecule has 0 atom stereocenters. The predicted octanol–water partition coefficient (Wildman–Crippen LogP) is 3.99. The van der Waals surface area contributed by atoms with Crippen LogP contribution in [0.3, 0.4) is 0 Å². The molecule has 3 rings (SSSR count). The maximum absolute atomic E-state index is 12.4. The molecule has 0 bridgehead atoms. The Bertz CT molecular complexity index is 948. The fraction of sp³-hybridized carbons (Fsp3) is 0.0526. The Morgan fingerprint density at radius 2 is 1.76 bits per heavy atom. The van der Waals surface area contributed by atoms with Crippen molar-refractivity contribution >= 4 is 39.8 Å². The van der Waals surface area contributed by atoms with Crippen LogP contribution in [0.4, 0.5) is 5.00 Å². The van der Waals surface area contributed by atoms with Crippen LogP contribution in [-0.2, 0) is 0 Å². The Morgan fingerprint density at radius 3 is 2.40 bits per heavy atom. The molecule has 0 saturated heterocycles. The number of benzene rings is 2. The van der Waals surface area contributed by atoms with Gasteiger partial charge in [-0.25, -0.2) is 0 Å². The normalized spacial score (nSPS) is 10.5. The number of carboxylic acid groups (broad SMARTS) is 1. The van der Waals surface area contributed by atoms with E-state index in [0.717, 1.165) is 22.5 Å². The van der Waals surface area contributed by atoms with E-state index in [-0.39, 0.29) is 16.1 Å². The van der Waals surface area contributed by atoms with Crippen LogP contribution in [-0.4, -0.2) is 11.9 Å². The molecule has 25 heavy (non-hydrogen) atoms. The van der Waals surface area contributed by atoms with Crippen LogP contribution in [0.25, 0.3) is 11.1 Å². The van der Waals surface area contributed by atoms with Crippen molar-refractivity contribution in [1.29, 1.82) is 0 Å². The second-order valence-corrected chi connectivity index (χ2v) is 6.73. The summed E-state index contributed by atoms with van der Waals surface area (Å²) in [5.74, 6) is -1.81. The van der Waals surface area contributed by atoms with Crippen molar-refractivity contribution in [2.45, 2.75) is 6.92 Å². The van der Waals surface area contributed by atoms with Crippen LogP contribution < -0.4 is 10.4 Å². The number of rotatable bonds is 4. The number of hydrogen-bond donors (Lipinski definition) is 1. The van der Waals surface area contributed by atoms with Crippen LogP contribution >= 0.6 is 22.9 Å². The molecule has 0 aliphatic heterocycles. The molecule has 0 aliphatic carbocycles. The van der Waals surface area contributed by atoms with Crippen molar-refractivity contribution in [3.63, 3.8) is 0 Å². The standard InChI is InChI=1S/C19H14ClNO3S/c1-11-6-8-12(9-7-11)14-10-25-18(16(14)19(23)24)21-17(22)13-4-2-3-5-15(13)20/h2-10H,1H3,(H,21,22)(H,23,24)/p-1. The SMILES string of the molecule is Cc1ccc(-c2csc(NC(=O)c3ccccc3Cl)c2C(=O)[O-])cc1. The molecule has 0 unspecified atom stereocenters. The summed E-state index contributed by atoms with van der Waals surface area (Å²) >= 11 is 7.15. The molecule has 1 amide bonds. The van der Waals surface area contributed by atoms with Crippen molar-refractivity contribution in [1.82, 2.24) is 0 Å². The van der Waals surface area contributed by atoms with E-state index >= 15 is 0 Å². The first-order valence-corrected chi connectivity index (χ1v) is 8.69. The van der Waals surface area contributed by atoms with E-state index < -0.39 is 11.9 Å². The third-order valence-electron chi connectivity index (χ3n) is 3.70. The Labute approximate surface area is 153 Å². The van der Waals surface area contributed by atoms with Crippen molar-refractivity contribution in [2.24, 2.45) is 0 Å². The van der Waals surface area contributed by atoms with Crippen LogP contribution in [0.5, 0.6) is 0 Å². The van der Waals surface area contributed by atoms with Gasteiger partial charge in [-0.2, -0.15) is 0 Å². The van der Waals surface area contributed by atoms with Gasteiger partial charge >= 0.3 is 0 Å². The monoisotopic (exact) mass is 370 g/mol. The highest BCUT2D eigenvalue weighted by atomic mass is 35.5. The number of aromatic carboxylic acids is 1. The molecule has 1 N–H and O–H groups in total. The van der Waals surface area contributed by atoms with Crippen molar-refractivity contribution in [3.8, 4) is 11.1 Å². The van der Waals surface area contributed by atoms with Crippen molar-refractivity contribution < 1.29 is 14.7 Å². The van der Waals surface area contributed by atoms with Gasteiger partial charge < -0.3 is 15.2 Å². The molecule has 1 aromatic heterocycles. The lowest BCUT2D eigenvalue weighted by molar-refractivity contribution is -0.254. The lowest BCUT2D eigenvalue weighted by atomic mass is 10.0. The zero-order valence-electron chi connectivity index (χ0n) is 13.2. The highest BCUT2D eigenvalue weighted by molar-refractivity contribution is 7.15. The van der Waals surface area contributed by atoms with Crippen LogP contribution in [0.15, 0.2) is 53.9 Å². The average Bonchev–Trinajstić information content (AvgIpc) is 2.99. The van der Waals surface area contributed by atoms with Gasteiger partial charge in [0.05, 0.1) is 16.6 Å². The van der Waals surface area contributed by atoms with E-state index in [1.165, 1.54) is 0 Å². The van der Waals surface area contributed by atoms with Gasteiger partial charge in [-0.15, -0.1) is 11.3 Å². The summed E-state index contributed by atoms with van der Waals surface area (Å²) in [5.41, 5.74) is 2.58. The Kier molecular flexibility index (Phi) is 4.88. The fourth-order valence-electron chi connectivity index (χ4n) is 2.41. The minimum absolute atomic E-state index is 0.0331. The maximum atomic E-state index is 12.4. The Hall–Kier alpha value is -2.63. The van der Waals surface area contributed by atoms with Crippen molar-refractivity contribution in [2.75, 3.05) is 5.32 Å². The van der Waals surface area contributed by atoms with Gasteiger partial charge in [0.2, 0.25) is 0 Å².